The van der Waals surface area contributed by atoms with Crippen molar-refractivity contribution in [2.75, 3.05) is 0 Å². The van der Waals surface area contributed by atoms with E-state index in [9.17, 15) is 0 Å². The van der Waals surface area contributed by atoms with Crippen LogP contribution in [-0.2, 0) is 0 Å². The Morgan fingerprint density at radius 3 is 1.57 bits per heavy atom. The summed E-state index contributed by atoms with van der Waals surface area (Å²) in [6.07, 6.45) is 6.31. The van der Waals surface area contributed by atoms with Gasteiger partial charge in [-0.3, -0.25) is 0 Å². The molecule has 0 N–H and O–H groups in total. The fraction of sp³-hybridized carbons (Fsp3) is 0.846. The summed E-state index contributed by atoms with van der Waals surface area (Å²) in [5, 5.41) is 0. The zero-order valence-corrected chi connectivity index (χ0v) is 11.6. The van der Waals surface area contributed by atoms with Crippen LogP contribution in [-0.4, -0.2) is 8.07 Å². The fourth-order valence-corrected chi connectivity index (χ4v) is 8.41. The van der Waals surface area contributed by atoms with Crippen LogP contribution < -0.4 is 0 Å². The van der Waals surface area contributed by atoms with Crippen molar-refractivity contribution in [3.05, 3.63) is 12.7 Å². The standard InChI is InChI=1S/C13H28Si/c1-6-10-14(11-7-2,12-8-3)13(5)9-4/h9,13H,4,6-8,10-12H2,1-3,5H3. The first-order valence-corrected chi connectivity index (χ1v) is 8.99. The van der Waals surface area contributed by atoms with E-state index in [4.69, 9.17) is 0 Å². The van der Waals surface area contributed by atoms with E-state index < -0.39 is 8.07 Å². The summed E-state index contributed by atoms with van der Waals surface area (Å²) < 4.78 is 0. The van der Waals surface area contributed by atoms with E-state index in [2.05, 4.69) is 40.3 Å². The van der Waals surface area contributed by atoms with Crippen molar-refractivity contribution in [1.82, 2.24) is 0 Å². The molecule has 0 fully saturated rings. The van der Waals surface area contributed by atoms with E-state index in [1.165, 1.54) is 37.4 Å². The second-order valence-corrected chi connectivity index (χ2v) is 9.77. The van der Waals surface area contributed by atoms with Crippen molar-refractivity contribution in [3.63, 3.8) is 0 Å². The Balaban J connectivity index is 4.61. The number of allylic oxidation sites excluding steroid dienone is 1. The molecule has 1 heteroatoms. The summed E-state index contributed by atoms with van der Waals surface area (Å²) in [6, 6.07) is 4.51. The summed E-state index contributed by atoms with van der Waals surface area (Å²) in [5.74, 6) is 0. The van der Waals surface area contributed by atoms with Crippen molar-refractivity contribution in [2.24, 2.45) is 0 Å². The third-order valence-corrected chi connectivity index (χ3v) is 10.2. The highest BCUT2D eigenvalue weighted by molar-refractivity contribution is 6.81. The maximum Gasteiger partial charge on any atom is 0.0601 e. The Kier molecular flexibility index (Phi) is 7.25. The first-order chi connectivity index (χ1) is 6.66. The molecular formula is C13H28Si. The van der Waals surface area contributed by atoms with E-state index in [-0.39, 0.29) is 0 Å². The first kappa shape index (κ1) is 14.0. The molecule has 1 atom stereocenters. The second kappa shape index (κ2) is 7.28. The van der Waals surface area contributed by atoms with Gasteiger partial charge in [0.15, 0.2) is 0 Å². The van der Waals surface area contributed by atoms with Crippen molar-refractivity contribution >= 4 is 8.07 Å². The Labute approximate surface area is 91.8 Å². The molecule has 0 aromatic heterocycles. The highest BCUT2D eigenvalue weighted by Gasteiger charge is 2.34. The van der Waals surface area contributed by atoms with E-state index in [1.807, 2.05) is 0 Å². The van der Waals surface area contributed by atoms with Gasteiger partial charge in [0, 0.05) is 0 Å². The van der Waals surface area contributed by atoms with Gasteiger partial charge in [-0.15, -0.1) is 6.58 Å². The van der Waals surface area contributed by atoms with Gasteiger partial charge in [0.05, 0.1) is 8.07 Å². The van der Waals surface area contributed by atoms with E-state index in [1.54, 1.807) is 0 Å². The quantitative estimate of drug-likeness (QED) is 0.381. The molecule has 0 spiro atoms. The molecule has 0 aliphatic carbocycles. The highest BCUT2D eigenvalue weighted by Crippen LogP contribution is 2.37. The van der Waals surface area contributed by atoms with Gasteiger partial charge < -0.3 is 0 Å². The molecule has 0 aliphatic heterocycles. The van der Waals surface area contributed by atoms with Crippen LogP contribution in [0, 0.1) is 0 Å². The Morgan fingerprint density at radius 1 is 1.00 bits per heavy atom. The lowest BCUT2D eigenvalue weighted by Gasteiger charge is -2.35. The third-order valence-electron chi connectivity index (χ3n) is 3.56. The lowest BCUT2D eigenvalue weighted by molar-refractivity contribution is 0.877. The largest absolute Gasteiger partial charge is 0.103 e. The van der Waals surface area contributed by atoms with Crippen LogP contribution in [0.15, 0.2) is 12.7 Å². The highest BCUT2D eigenvalue weighted by atomic mass is 28.3. The Morgan fingerprint density at radius 2 is 1.36 bits per heavy atom. The average molecular weight is 212 g/mol. The Hall–Kier alpha value is -0.0431. The molecule has 0 aliphatic rings. The van der Waals surface area contributed by atoms with Crippen LogP contribution in [0.4, 0.5) is 0 Å². The lowest BCUT2D eigenvalue weighted by atomic mass is 10.5. The average Bonchev–Trinajstić information content (AvgIpc) is 2.17. The van der Waals surface area contributed by atoms with Crippen molar-refractivity contribution in [2.45, 2.75) is 70.6 Å². The number of rotatable bonds is 8. The van der Waals surface area contributed by atoms with Gasteiger partial charge in [-0.25, -0.2) is 0 Å². The maximum atomic E-state index is 4.01. The second-order valence-electron chi connectivity index (χ2n) is 4.64. The summed E-state index contributed by atoms with van der Waals surface area (Å²) in [7, 11) is -1.02. The van der Waals surface area contributed by atoms with Gasteiger partial charge >= 0.3 is 0 Å². The van der Waals surface area contributed by atoms with Gasteiger partial charge in [0.1, 0.15) is 0 Å². The zero-order valence-electron chi connectivity index (χ0n) is 10.6. The van der Waals surface area contributed by atoms with Crippen molar-refractivity contribution in [1.29, 1.82) is 0 Å². The fourth-order valence-electron chi connectivity index (χ4n) is 2.80. The van der Waals surface area contributed by atoms with Gasteiger partial charge in [0.25, 0.3) is 0 Å². The predicted octanol–water partition coefficient (Wildman–Crippen LogP) is 5.24. The summed E-state index contributed by atoms with van der Waals surface area (Å²) in [5.41, 5.74) is 0.808. The molecule has 14 heavy (non-hydrogen) atoms. The van der Waals surface area contributed by atoms with Gasteiger partial charge in [-0.2, -0.15) is 0 Å². The van der Waals surface area contributed by atoms with Crippen LogP contribution in [0.3, 0.4) is 0 Å². The summed E-state index contributed by atoms with van der Waals surface area (Å²) in [6.45, 7) is 13.4. The monoisotopic (exact) mass is 212 g/mol. The van der Waals surface area contributed by atoms with Crippen LogP contribution in [0.25, 0.3) is 0 Å². The third kappa shape index (κ3) is 3.60. The topological polar surface area (TPSA) is 0 Å². The van der Waals surface area contributed by atoms with E-state index in [0.29, 0.717) is 0 Å². The smallest absolute Gasteiger partial charge is 0.0601 e. The first-order valence-electron chi connectivity index (χ1n) is 6.29. The molecule has 0 radical (unpaired) electrons. The van der Waals surface area contributed by atoms with E-state index in [0.717, 1.165) is 5.54 Å². The molecule has 0 rings (SSSR count). The normalized spacial score (nSPS) is 14.0. The van der Waals surface area contributed by atoms with Crippen molar-refractivity contribution < 1.29 is 0 Å². The van der Waals surface area contributed by atoms with Crippen LogP contribution >= 0.6 is 0 Å². The number of hydrogen-bond acceptors (Lipinski definition) is 0. The molecule has 0 bridgehead atoms. The van der Waals surface area contributed by atoms with Gasteiger partial charge in [-0.05, 0) is 5.54 Å². The minimum atomic E-state index is -1.02. The van der Waals surface area contributed by atoms with Crippen LogP contribution in [0.2, 0.25) is 23.7 Å². The molecule has 0 aromatic rings. The van der Waals surface area contributed by atoms with Crippen LogP contribution in [0.1, 0.15) is 47.0 Å². The molecule has 0 nitrogen and oxygen atoms in total. The van der Waals surface area contributed by atoms with E-state index >= 15 is 0 Å². The van der Waals surface area contributed by atoms with Crippen LogP contribution in [0.5, 0.6) is 0 Å². The summed E-state index contributed by atoms with van der Waals surface area (Å²) >= 11 is 0. The molecule has 84 valence electrons. The molecule has 0 heterocycles. The molecular weight excluding hydrogens is 184 g/mol. The molecule has 1 unspecified atom stereocenters. The minimum absolute atomic E-state index is 0.808. The predicted molar refractivity (Wildman–Crippen MR) is 70.7 cm³/mol. The zero-order chi connectivity index (χ0) is 11.0. The maximum absolute atomic E-state index is 4.01. The molecule has 0 saturated carbocycles. The SMILES string of the molecule is C=CC(C)[Si](CCC)(CCC)CCC. The minimum Gasteiger partial charge on any atom is -0.103 e. The Bertz CT molecular complexity index is 134. The molecule has 0 aromatic carbocycles. The van der Waals surface area contributed by atoms with Gasteiger partial charge in [-0.1, -0.05) is 71.2 Å². The number of hydrogen-bond donors (Lipinski definition) is 0. The van der Waals surface area contributed by atoms with Gasteiger partial charge in [0.2, 0.25) is 0 Å². The molecule has 0 amide bonds. The van der Waals surface area contributed by atoms with Crippen molar-refractivity contribution in [3.8, 4) is 0 Å². The summed E-state index contributed by atoms with van der Waals surface area (Å²) in [4.78, 5) is 0. The molecule has 0 saturated heterocycles. The lowest BCUT2D eigenvalue weighted by Crippen LogP contribution is -2.37.